The topological polar surface area (TPSA) is 113 Å². The van der Waals surface area contributed by atoms with Gasteiger partial charge in [0.05, 0.1) is 22.4 Å². The maximum absolute atomic E-state index is 12.9. The van der Waals surface area contributed by atoms with Crippen LogP contribution in [0.3, 0.4) is 0 Å². The maximum Gasteiger partial charge on any atom is 0.274 e. The van der Waals surface area contributed by atoms with Gasteiger partial charge in [0.2, 0.25) is 0 Å². The quantitative estimate of drug-likeness (QED) is 0.376. The van der Waals surface area contributed by atoms with Gasteiger partial charge in [0, 0.05) is 44.5 Å². The highest BCUT2D eigenvalue weighted by atomic mass is 16.3. The van der Waals surface area contributed by atoms with Crippen LogP contribution in [0.25, 0.3) is 22.3 Å². The highest BCUT2D eigenvalue weighted by Crippen LogP contribution is 2.38. The van der Waals surface area contributed by atoms with Gasteiger partial charge in [-0.25, -0.2) is 4.98 Å². The lowest BCUT2D eigenvalue weighted by Crippen LogP contribution is -2.26. The molecule has 4 rings (SSSR count). The molecule has 0 unspecified atom stereocenters. The Morgan fingerprint density at radius 2 is 1.52 bits per heavy atom. The molecular weight excluding hydrogens is 396 g/mol. The van der Waals surface area contributed by atoms with E-state index >= 15 is 0 Å². The fourth-order valence-electron chi connectivity index (χ4n) is 3.30. The highest BCUT2D eigenvalue weighted by molar-refractivity contribution is 6.07. The second-order valence-electron chi connectivity index (χ2n) is 7.45. The number of nitrogens with zero attached hydrogens (tertiary/aromatic N) is 3. The highest BCUT2D eigenvalue weighted by Gasteiger charge is 2.19. The molecule has 4 N–H and O–H groups in total. The number of benzene rings is 2. The Morgan fingerprint density at radius 3 is 2.13 bits per heavy atom. The Labute approximate surface area is 178 Å². The molecule has 4 aromatic rings. The molecule has 158 valence electrons. The van der Waals surface area contributed by atoms with Crippen LogP contribution in [0.5, 0.6) is 17.2 Å². The first-order valence-electron chi connectivity index (χ1n) is 9.55. The van der Waals surface area contributed by atoms with Gasteiger partial charge in [-0.2, -0.15) is 0 Å². The monoisotopic (exact) mass is 418 g/mol. The van der Waals surface area contributed by atoms with Gasteiger partial charge in [0.25, 0.3) is 5.91 Å². The standard InChI is InChI=1S/C23H22N4O4/c1-26(2)14-6-4-13(5-7-14)16-8-9-17-18(24-16)12-19(25-17)23(31)27(3)15-10-20(28)22(30)21(29)11-15/h4-12,25,28-30H,1-3H3. The largest absolute Gasteiger partial charge is 0.504 e. The van der Waals surface area contributed by atoms with Gasteiger partial charge in [-0.3, -0.25) is 4.79 Å². The second-order valence-corrected chi connectivity index (χ2v) is 7.45. The zero-order valence-corrected chi connectivity index (χ0v) is 17.3. The van der Waals surface area contributed by atoms with Crippen LogP contribution in [0.2, 0.25) is 0 Å². The van der Waals surface area contributed by atoms with E-state index < -0.39 is 17.2 Å². The number of fused-ring (bicyclic) bond motifs is 1. The molecule has 31 heavy (non-hydrogen) atoms. The Morgan fingerprint density at radius 1 is 0.871 bits per heavy atom. The van der Waals surface area contributed by atoms with E-state index in [0.717, 1.165) is 16.9 Å². The van der Waals surface area contributed by atoms with Gasteiger partial charge in [-0.05, 0) is 30.3 Å². The average molecular weight is 418 g/mol. The number of carbonyl (C=O) groups is 1. The number of hydrogen-bond donors (Lipinski definition) is 4. The van der Waals surface area contributed by atoms with E-state index in [2.05, 4.69) is 9.97 Å². The van der Waals surface area contributed by atoms with Crippen LogP contribution in [0.15, 0.2) is 54.6 Å². The number of carbonyl (C=O) groups excluding carboxylic acids is 1. The van der Waals surface area contributed by atoms with E-state index in [1.54, 1.807) is 6.07 Å². The second kappa shape index (κ2) is 7.56. The summed E-state index contributed by atoms with van der Waals surface area (Å²) < 4.78 is 0. The molecule has 0 saturated carbocycles. The molecule has 0 fully saturated rings. The molecule has 0 spiro atoms. The molecule has 0 bridgehead atoms. The van der Waals surface area contributed by atoms with Crippen molar-refractivity contribution < 1.29 is 20.1 Å². The zero-order valence-electron chi connectivity index (χ0n) is 17.3. The lowest BCUT2D eigenvalue weighted by Gasteiger charge is -2.17. The fourth-order valence-corrected chi connectivity index (χ4v) is 3.30. The SMILES string of the molecule is CN(C)c1ccc(-c2ccc3[nH]c(C(=O)N(C)c4cc(O)c(O)c(O)c4)cc3n2)cc1. The third kappa shape index (κ3) is 3.71. The average Bonchev–Trinajstić information content (AvgIpc) is 3.19. The van der Waals surface area contributed by atoms with Crippen LogP contribution in [-0.4, -0.2) is 52.3 Å². The molecule has 0 atom stereocenters. The molecule has 0 saturated heterocycles. The molecule has 8 nitrogen and oxygen atoms in total. The normalized spacial score (nSPS) is 10.9. The summed E-state index contributed by atoms with van der Waals surface area (Å²) in [5.74, 6) is -2.05. The number of H-pyrrole nitrogens is 1. The molecule has 0 aliphatic rings. The number of nitrogens with one attached hydrogen (secondary N) is 1. The minimum atomic E-state index is -0.634. The van der Waals surface area contributed by atoms with Crippen LogP contribution in [0.4, 0.5) is 11.4 Å². The van der Waals surface area contributed by atoms with Gasteiger partial charge in [-0.1, -0.05) is 12.1 Å². The van der Waals surface area contributed by atoms with Crippen molar-refractivity contribution in [3.8, 4) is 28.5 Å². The van der Waals surface area contributed by atoms with Crippen molar-refractivity contribution >= 4 is 28.3 Å². The van der Waals surface area contributed by atoms with Crippen LogP contribution >= 0.6 is 0 Å². The number of pyridine rings is 1. The van der Waals surface area contributed by atoms with Crippen LogP contribution in [0.1, 0.15) is 10.5 Å². The lowest BCUT2D eigenvalue weighted by atomic mass is 10.1. The molecule has 2 aromatic carbocycles. The number of phenols is 3. The van der Waals surface area contributed by atoms with Crippen molar-refractivity contribution in [3.63, 3.8) is 0 Å². The molecule has 0 aliphatic heterocycles. The molecule has 2 aromatic heterocycles. The number of rotatable bonds is 4. The number of phenolic OH excluding ortho intramolecular Hbond substituents is 3. The number of aromatic hydroxyl groups is 3. The Balaban J connectivity index is 1.64. The van der Waals surface area contributed by atoms with Gasteiger partial charge >= 0.3 is 0 Å². The van der Waals surface area contributed by atoms with Crippen molar-refractivity contribution in [3.05, 3.63) is 60.3 Å². The summed E-state index contributed by atoms with van der Waals surface area (Å²) in [7, 11) is 5.47. The summed E-state index contributed by atoms with van der Waals surface area (Å²) >= 11 is 0. The third-order valence-electron chi connectivity index (χ3n) is 5.13. The predicted molar refractivity (Wildman–Crippen MR) is 120 cm³/mol. The van der Waals surface area contributed by atoms with Crippen LogP contribution < -0.4 is 9.80 Å². The molecular formula is C23H22N4O4. The van der Waals surface area contributed by atoms with E-state index in [4.69, 9.17) is 0 Å². The minimum Gasteiger partial charge on any atom is -0.504 e. The Bertz CT molecular complexity index is 1260. The number of aromatic nitrogens is 2. The van der Waals surface area contributed by atoms with Crippen molar-refractivity contribution in [2.75, 3.05) is 30.9 Å². The maximum atomic E-state index is 12.9. The summed E-state index contributed by atoms with van der Waals surface area (Å²) in [4.78, 5) is 23.9. The smallest absolute Gasteiger partial charge is 0.274 e. The summed E-state index contributed by atoms with van der Waals surface area (Å²) in [6.45, 7) is 0. The predicted octanol–water partition coefficient (Wildman–Crippen LogP) is 3.69. The van der Waals surface area contributed by atoms with Gasteiger partial charge in [-0.15, -0.1) is 0 Å². The third-order valence-corrected chi connectivity index (χ3v) is 5.13. The van der Waals surface area contributed by atoms with E-state index in [1.807, 2.05) is 55.4 Å². The van der Waals surface area contributed by atoms with Crippen LogP contribution in [-0.2, 0) is 0 Å². The molecule has 0 radical (unpaired) electrons. The Kier molecular flexibility index (Phi) is 4.90. The molecule has 2 heterocycles. The van der Waals surface area contributed by atoms with E-state index in [9.17, 15) is 20.1 Å². The summed E-state index contributed by atoms with van der Waals surface area (Å²) in [6.07, 6.45) is 0. The molecule has 0 aliphatic carbocycles. The number of aromatic amines is 1. The van der Waals surface area contributed by atoms with E-state index in [0.29, 0.717) is 16.7 Å². The number of hydrogen-bond acceptors (Lipinski definition) is 6. The van der Waals surface area contributed by atoms with Crippen molar-refractivity contribution in [2.45, 2.75) is 0 Å². The first kappa shape index (κ1) is 20.1. The van der Waals surface area contributed by atoms with Gasteiger partial charge in [0.1, 0.15) is 5.69 Å². The molecule has 8 heteroatoms. The number of anilines is 2. The first-order valence-corrected chi connectivity index (χ1v) is 9.55. The van der Waals surface area contributed by atoms with E-state index in [-0.39, 0.29) is 11.6 Å². The zero-order chi connectivity index (χ0) is 22.3. The number of amides is 1. The summed E-state index contributed by atoms with van der Waals surface area (Å²) in [5.41, 5.74) is 4.73. The summed E-state index contributed by atoms with van der Waals surface area (Å²) in [6, 6.07) is 15.8. The van der Waals surface area contributed by atoms with Crippen LogP contribution in [0, 0.1) is 0 Å². The fraction of sp³-hybridized carbons (Fsp3) is 0.130. The summed E-state index contributed by atoms with van der Waals surface area (Å²) in [5, 5.41) is 28.9. The molecule has 1 amide bonds. The van der Waals surface area contributed by atoms with Gasteiger partial charge in [0.15, 0.2) is 17.2 Å². The van der Waals surface area contributed by atoms with Gasteiger partial charge < -0.3 is 30.1 Å². The van der Waals surface area contributed by atoms with Crippen molar-refractivity contribution in [1.29, 1.82) is 0 Å². The first-order chi connectivity index (χ1) is 14.7. The van der Waals surface area contributed by atoms with E-state index in [1.165, 1.54) is 24.1 Å². The van der Waals surface area contributed by atoms with Crippen molar-refractivity contribution in [2.24, 2.45) is 0 Å². The lowest BCUT2D eigenvalue weighted by molar-refractivity contribution is 0.0989. The van der Waals surface area contributed by atoms with Crippen molar-refractivity contribution in [1.82, 2.24) is 9.97 Å². The Hall–Kier alpha value is -4.20. The minimum absolute atomic E-state index is 0.228.